The normalized spacial score (nSPS) is 17.5. The minimum atomic E-state index is 0.396. The van der Waals surface area contributed by atoms with E-state index in [1.54, 1.807) is 10.4 Å². The van der Waals surface area contributed by atoms with Crippen molar-refractivity contribution in [1.82, 2.24) is 10.3 Å². The molecule has 3 heteroatoms. The lowest BCUT2D eigenvalue weighted by atomic mass is 9.92. The van der Waals surface area contributed by atoms with Crippen molar-refractivity contribution in [3.05, 3.63) is 51.5 Å². The number of nitrogens with zero attached hydrogens (tertiary/aromatic N) is 1. The first-order chi connectivity index (χ1) is 9.79. The summed E-state index contributed by atoms with van der Waals surface area (Å²) in [6, 6.07) is 7.09. The Labute approximate surface area is 125 Å². The number of likely N-dealkylation sites (N-methyl/N-ethyl adjacent to an activating group) is 1. The number of fused-ring (bicyclic) bond motifs is 1. The van der Waals surface area contributed by atoms with Crippen LogP contribution in [0.4, 0.5) is 0 Å². The van der Waals surface area contributed by atoms with Crippen molar-refractivity contribution in [3.63, 3.8) is 0 Å². The average molecular weight is 286 g/mol. The van der Waals surface area contributed by atoms with Crippen LogP contribution in [0.2, 0.25) is 0 Å². The van der Waals surface area contributed by atoms with Gasteiger partial charge in [0.15, 0.2) is 0 Å². The predicted molar refractivity (Wildman–Crippen MR) is 85.4 cm³/mol. The van der Waals surface area contributed by atoms with E-state index in [9.17, 15) is 0 Å². The quantitative estimate of drug-likeness (QED) is 0.916. The summed E-state index contributed by atoms with van der Waals surface area (Å²) in [4.78, 5) is 7.23. The van der Waals surface area contributed by atoms with Crippen LogP contribution in [0.1, 0.15) is 52.6 Å². The Morgan fingerprint density at radius 1 is 1.20 bits per heavy atom. The van der Waals surface area contributed by atoms with Crippen LogP contribution in [0.15, 0.2) is 30.6 Å². The van der Waals surface area contributed by atoms with Gasteiger partial charge in [-0.25, -0.2) is 0 Å². The molecule has 2 heterocycles. The SMILES string of the molecule is CNC(c1cc2c(s1)CCCC2)C(C)c1ccncc1. The number of nitrogens with one attached hydrogen (secondary N) is 1. The lowest BCUT2D eigenvalue weighted by Crippen LogP contribution is -2.21. The fourth-order valence-corrected chi connectivity index (χ4v) is 4.64. The maximum atomic E-state index is 4.12. The molecule has 0 spiro atoms. The van der Waals surface area contributed by atoms with E-state index >= 15 is 0 Å². The third kappa shape index (κ3) is 2.65. The zero-order chi connectivity index (χ0) is 13.9. The molecule has 2 aromatic rings. The van der Waals surface area contributed by atoms with Gasteiger partial charge in [0.1, 0.15) is 0 Å². The molecule has 0 radical (unpaired) electrons. The fraction of sp³-hybridized carbons (Fsp3) is 0.471. The maximum Gasteiger partial charge on any atom is 0.0479 e. The van der Waals surface area contributed by atoms with E-state index in [0.29, 0.717) is 12.0 Å². The Kier molecular flexibility index (Phi) is 4.18. The predicted octanol–water partition coefficient (Wildman–Crippen LogP) is 4.09. The number of aromatic nitrogens is 1. The van der Waals surface area contributed by atoms with E-state index in [0.717, 1.165) is 0 Å². The molecule has 3 rings (SSSR count). The summed E-state index contributed by atoms with van der Waals surface area (Å²) in [6.45, 7) is 2.30. The summed E-state index contributed by atoms with van der Waals surface area (Å²) in [5, 5.41) is 3.52. The number of thiophene rings is 1. The van der Waals surface area contributed by atoms with Crippen molar-refractivity contribution in [2.45, 2.75) is 44.6 Å². The third-order valence-corrected chi connectivity index (χ3v) is 5.69. The summed E-state index contributed by atoms with van der Waals surface area (Å²) in [5.74, 6) is 0.461. The lowest BCUT2D eigenvalue weighted by Gasteiger charge is -2.22. The number of hydrogen-bond acceptors (Lipinski definition) is 3. The van der Waals surface area contributed by atoms with E-state index in [4.69, 9.17) is 0 Å². The average Bonchev–Trinajstić information content (AvgIpc) is 2.92. The Morgan fingerprint density at radius 3 is 2.65 bits per heavy atom. The highest BCUT2D eigenvalue weighted by Gasteiger charge is 2.23. The van der Waals surface area contributed by atoms with Gasteiger partial charge in [-0.1, -0.05) is 6.92 Å². The van der Waals surface area contributed by atoms with Gasteiger partial charge in [0.25, 0.3) is 0 Å². The van der Waals surface area contributed by atoms with Gasteiger partial charge in [-0.3, -0.25) is 4.98 Å². The molecule has 0 saturated carbocycles. The third-order valence-electron chi connectivity index (χ3n) is 4.37. The largest absolute Gasteiger partial charge is 0.312 e. The molecule has 0 fully saturated rings. The molecule has 2 nitrogen and oxygen atoms in total. The van der Waals surface area contributed by atoms with Gasteiger partial charge >= 0.3 is 0 Å². The van der Waals surface area contributed by atoms with Crippen molar-refractivity contribution >= 4 is 11.3 Å². The summed E-state index contributed by atoms with van der Waals surface area (Å²) in [7, 11) is 2.07. The Bertz CT molecular complexity index is 538. The van der Waals surface area contributed by atoms with E-state index in [1.807, 2.05) is 23.7 Å². The lowest BCUT2D eigenvalue weighted by molar-refractivity contribution is 0.515. The smallest absolute Gasteiger partial charge is 0.0479 e. The van der Waals surface area contributed by atoms with Gasteiger partial charge in [-0.05, 0) is 62.1 Å². The molecule has 2 unspecified atom stereocenters. The number of hydrogen-bond donors (Lipinski definition) is 1. The fourth-order valence-electron chi connectivity index (χ4n) is 3.17. The van der Waals surface area contributed by atoms with Crippen LogP contribution in [-0.2, 0) is 12.8 Å². The van der Waals surface area contributed by atoms with E-state index < -0.39 is 0 Å². The van der Waals surface area contributed by atoms with Crippen molar-refractivity contribution in [2.24, 2.45) is 0 Å². The first-order valence-corrected chi connectivity index (χ1v) is 8.30. The highest BCUT2D eigenvalue weighted by atomic mass is 32.1. The second-order valence-corrected chi connectivity index (χ2v) is 6.81. The Hall–Kier alpha value is -1.19. The molecule has 0 aliphatic heterocycles. The van der Waals surface area contributed by atoms with E-state index in [-0.39, 0.29) is 0 Å². The van der Waals surface area contributed by atoms with Crippen LogP contribution in [0.25, 0.3) is 0 Å². The van der Waals surface area contributed by atoms with Crippen molar-refractivity contribution in [1.29, 1.82) is 0 Å². The first-order valence-electron chi connectivity index (χ1n) is 7.48. The summed E-state index contributed by atoms with van der Waals surface area (Å²) in [5.41, 5.74) is 2.95. The Morgan fingerprint density at radius 2 is 1.95 bits per heavy atom. The van der Waals surface area contributed by atoms with Crippen molar-refractivity contribution in [3.8, 4) is 0 Å². The minimum absolute atomic E-state index is 0.396. The molecule has 20 heavy (non-hydrogen) atoms. The van der Waals surface area contributed by atoms with Gasteiger partial charge in [-0.2, -0.15) is 0 Å². The van der Waals surface area contributed by atoms with Crippen LogP contribution in [0.3, 0.4) is 0 Å². The maximum absolute atomic E-state index is 4.12. The second-order valence-electron chi connectivity index (χ2n) is 5.64. The molecule has 0 saturated heterocycles. The van der Waals surface area contributed by atoms with Crippen LogP contribution < -0.4 is 5.32 Å². The number of pyridine rings is 1. The standard InChI is InChI=1S/C17H22N2S/c1-12(13-7-9-19-10-8-13)17(18-2)16-11-14-5-3-4-6-15(14)20-16/h7-12,17-18H,3-6H2,1-2H3. The zero-order valence-electron chi connectivity index (χ0n) is 12.2. The monoisotopic (exact) mass is 286 g/mol. The van der Waals surface area contributed by atoms with Gasteiger partial charge in [0.05, 0.1) is 0 Å². The zero-order valence-corrected chi connectivity index (χ0v) is 13.0. The molecular weight excluding hydrogens is 264 g/mol. The topological polar surface area (TPSA) is 24.9 Å². The summed E-state index contributed by atoms with van der Waals surface area (Å²) in [6.07, 6.45) is 9.03. The van der Waals surface area contributed by atoms with E-state index in [2.05, 4.69) is 42.5 Å². The summed E-state index contributed by atoms with van der Waals surface area (Å²) < 4.78 is 0. The number of rotatable bonds is 4. The van der Waals surface area contributed by atoms with Crippen LogP contribution in [0, 0.1) is 0 Å². The highest BCUT2D eigenvalue weighted by Crippen LogP contribution is 2.38. The highest BCUT2D eigenvalue weighted by molar-refractivity contribution is 7.12. The van der Waals surface area contributed by atoms with Gasteiger partial charge in [0, 0.05) is 34.1 Å². The van der Waals surface area contributed by atoms with Crippen LogP contribution in [0.5, 0.6) is 0 Å². The van der Waals surface area contributed by atoms with Crippen LogP contribution >= 0.6 is 11.3 Å². The molecule has 2 aromatic heterocycles. The minimum Gasteiger partial charge on any atom is -0.312 e. The molecule has 0 aromatic carbocycles. The number of aryl methyl sites for hydroxylation is 2. The molecule has 106 valence electrons. The van der Waals surface area contributed by atoms with Gasteiger partial charge in [-0.15, -0.1) is 11.3 Å². The van der Waals surface area contributed by atoms with Gasteiger partial charge in [0.2, 0.25) is 0 Å². The molecule has 1 aliphatic carbocycles. The van der Waals surface area contributed by atoms with Crippen LogP contribution in [-0.4, -0.2) is 12.0 Å². The molecule has 2 atom stereocenters. The van der Waals surface area contributed by atoms with E-state index in [1.165, 1.54) is 36.1 Å². The molecule has 1 N–H and O–H groups in total. The molecule has 0 bridgehead atoms. The Balaban J connectivity index is 1.88. The van der Waals surface area contributed by atoms with Crippen molar-refractivity contribution in [2.75, 3.05) is 7.05 Å². The molecule has 1 aliphatic rings. The summed E-state index contributed by atoms with van der Waals surface area (Å²) >= 11 is 2.01. The van der Waals surface area contributed by atoms with Gasteiger partial charge < -0.3 is 5.32 Å². The van der Waals surface area contributed by atoms with Crippen molar-refractivity contribution < 1.29 is 0 Å². The first kappa shape index (κ1) is 13.8. The molecule has 0 amide bonds. The molecular formula is C17H22N2S. The second kappa shape index (κ2) is 6.06.